The fourth-order valence-corrected chi connectivity index (χ4v) is 3.03. The zero-order valence-corrected chi connectivity index (χ0v) is 15.0. The first-order chi connectivity index (χ1) is 11.3. The van der Waals surface area contributed by atoms with Crippen LogP contribution in [0.5, 0.6) is 0 Å². The molecule has 5 nitrogen and oxygen atoms in total. The second-order valence-corrected chi connectivity index (χ2v) is 7.29. The van der Waals surface area contributed by atoms with Crippen LogP contribution in [0.15, 0.2) is 24.3 Å². The Hall–Kier alpha value is -2.04. The summed E-state index contributed by atoms with van der Waals surface area (Å²) in [6, 6.07) is 7.44. The molecular weight excluding hydrogens is 306 g/mol. The molecule has 1 aliphatic rings. The summed E-state index contributed by atoms with van der Waals surface area (Å²) < 4.78 is 10.2. The third-order valence-corrected chi connectivity index (χ3v) is 4.03. The first-order valence-corrected chi connectivity index (χ1v) is 8.43. The van der Waals surface area contributed by atoms with Crippen LogP contribution in [0.2, 0.25) is 0 Å². The van der Waals surface area contributed by atoms with Gasteiger partial charge in [0.15, 0.2) is 0 Å². The van der Waals surface area contributed by atoms with Gasteiger partial charge in [-0.3, -0.25) is 4.79 Å². The molecule has 1 unspecified atom stereocenters. The molecule has 24 heavy (non-hydrogen) atoms. The molecule has 1 aliphatic heterocycles. The van der Waals surface area contributed by atoms with Gasteiger partial charge in [0.1, 0.15) is 5.60 Å². The minimum atomic E-state index is -0.444. The minimum absolute atomic E-state index is 0.141. The Bertz CT molecular complexity index is 591. The highest BCUT2D eigenvalue weighted by Gasteiger charge is 2.25. The molecule has 0 radical (unpaired) electrons. The number of piperidine rings is 1. The van der Waals surface area contributed by atoms with Crippen molar-refractivity contribution in [2.24, 2.45) is 5.92 Å². The summed E-state index contributed by atoms with van der Waals surface area (Å²) in [5.41, 5.74) is 1.09. The number of nitrogens with zero attached hydrogens (tertiary/aromatic N) is 1. The molecule has 0 amide bonds. The fraction of sp³-hybridized carbons (Fsp3) is 0.579. The lowest BCUT2D eigenvalue weighted by atomic mass is 9.94. The average Bonchev–Trinajstić information content (AvgIpc) is 2.52. The highest BCUT2D eigenvalue weighted by molar-refractivity contribution is 5.90. The number of methoxy groups -OCH3 is 1. The van der Waals surface area contributed by atoms with Crippen molar-refractivity contribution in [1.82, 2.24) is 0 Å². The van der Waals surface area contributed by atoms with E-state index >= 15 is 0 Å². The molecule has 0 N–H and O–H groups in total. The van der Waals surface area contributed by atoms with Crippen molar-refractivity contribution in [2.45, 2.75) is 45.6 Å². The third-order valence-electron chi connectivity index (χ3n) is 4.03. The highest BCUT2D eigenvalue weighted by Crippen LogP contribution is 2.26. The molecule has 1 aromatic carbocycles. The van der Waals surface area contributed by atoms with Crippen LogP contribution in [-0.4, -0.2) is 37.7 Å². The maximum atomic E-state index is 12.1. The Labute approximate surface area is 143 Å². The summed E-state index contributed by atoms with van der Waals surface area (Å²) in [7, 11) is 1.38. The zero-order valence-electron chi connectivity index (χ0n) is 15.0. The summed E-state index contributed by atoms with van der Waals surface area (Å²) in [5.74, 6) is -0.202. The molecule has 5 heteroatoms. The van der Waals surface area contributed by atoms with Crippen molar-refractivity contribution in [3.05, 3.63) is 29.8 Å². The number of ether oxygens (including phenoxy) is 2. The molecule has 0 aliphatic carbocycles. The summed E-state index contributed by atoms with van der Waals surface area (Å²) in [4.78, 5) is 26.0. The minimum Gasteiger partial charge on any atom is -0.465 e. The Morgan fingerprint density at radius 2 is 2.04 bits per heavy atom. The second kappa shape index (κ2) is 7.69. The van der Waals surface area contributed by atoms with E-state index in [1.54, 1.807) is 6.07 Å². The summed E-state index contributed by atoms with van der Waals surface area (Å²) in [6.45, 7) is 7.38. The van der Waals surface area contributed by atoms with Crippen LogP contribution in [0.1, 0.15) is 50.4 Å². The topological polar surface area (TPSA) is 55.8 Å². The number of benzene rings is 1. The van der Waals surface area contributed by atoms with Gasteiger partial charge in [-0.2, -0.15) is 0 Å². The van der Waals surface area contributed by atoms with E-state index in [4.69, 9.17) is 9.47 Å². The van der Waals surface area contributed by atoms with Crippen molar-refractivity contribution in [3.63, 3.8) is 0 Å². The lowest BCUT2D eigenvalue weighted by Crippen LogP contribution is -2.37. The van der Waals surface area contributed by atoms with Crippen LogP contribution in [0.25, 0.3) is 0 Å². The standard InChI is InChI=1S/C19H27NO4/c1-19(2,3)24-17(21)11-14-7-6-10-20(13-14)16-9-5-8-15(12-16)18(22)23-4/h5,8-9,12,14H,6-7,10-11,13H2,1-4H3. The first-order valence-electron chi connectivity index (χ1n) is 8.43. The quantitative estimate of drug-likeness (QED) is 0.790. The Kier molecular flexibility index (Phi) is 5.86. The smallest absolute Gasteiger partial charge is 0.337 e. The maximum absolute atomic E-state index is 12.1. The molecule has 1 aromatic rings. The van der Waals surface area contributed by atoms with Gasteiger partial charge >= 0.3 is 11.9 Å². The highest BCUT2D eigenvalue weighted by atomic mass is 16.6. The van der Waals surface area contributed by atoms with Crippen molar-refractivity contribution < 1.29 is 19.1 Å². The van der Waals surface area contributed by atoms with Crippen LogP contribution >= 0.6 is 0 Å². The largest absolute Gasteiger partial charge is 0.465 e. The van der Waals surface area contributed by atoms with E-state index in [2.05, 4.69) is 4.90 Å². The van der Waals surface area contributed by atoms with Gasteiger partial charge in [-0.15, -0.1) is 0 Å². The lowest BCUT2D eigenvalue weighted by molar-refractivity contribution is -0.156. The van der Waals surface area contributed by atoms with E-state index in [1.807, 2.05) is 39.0 Å². The SMILES string of the molecule is COC(=O)c1cccc(N2CCCC(CC(=O)OC(C)(C)C)C2)c1. The number of anilines is 1. The van der Waals surface area contributed by atoms with Crippen molar-refractivity contribution >= 4 is 17.6 Å². The van der Waals surface area contributed by atoms with Crippen molar-refractivity contribution in [3.8, 4) is 0 Å². The summed E-state index contributed by atoms with van der Waals surface area (Å²) >= 11 is 0. The predicted molar refractivity (Wildman–Crippen MR) is 93.2 cm³/mol. The molecule has 0 saturated carbocycles. The van der Waals surface area contributed by atoms with E-state index in [-0.39, 0.29) is 17.9 Å². The number of rotatable bonds is 4. The summed E-state index contributed by atoms with van der Waals surface area (Å²) in [5, 5.41) is 0. The van der Waals surface area contributed by atoms with Gasteiger partial charge in [0.25, 0.3) is 0 Å². The van der Waals surface area contributed by atoms with Crippen LogP contribution in [0.3, 0.4) is 0 Å². The molecule has 0 spiro atoms. The number of hydrogen-bond acceptors (Lipinski definition) is 5. The summed E-state index contributed by atoms with van der Waals surface area (Å²) in [6.07, 6.45) is 2.48. The molecule has 1 fully saturated rings. The lowest BCUT2D eigenvalue weighted by Gasteiger charge is -2.34. The zero-order chi connectivity index (χ0) is 17.7. The Morgan fingerprint density at radius 3 is 2.71 bits per heavy atom. The maximum Gasteiger partial charge on any atom is 0.337 e. The Balaban J connectivity index is 2.00. The van der Waals surface area contributed by atoms with Crippen molar-refractivity contribution in [2.75, 3.05) is 25.1 Å². The van der Waals surface area contributed by atoms with Gasteiger partial charge in [0.05, 0.1) is 19.1 Å². The molecule has 1 heterocycles. The van der Waals surface area contributed by atoms with Crippen LogP contribution in [0.4, 0.5) is 5.69 Å². The van der Waals surface area contributed by atoms with E-state index in [9.17, 15) is 9.59 Å². The van der Waals surface area contributed by atoms with Gasteiger partial charge in [-0.1, -0.05) is 6.07 Å². The second-order valence-electron chi connectivity index (χ2n) is 7.29. The molecule has 2 rings (SSSR count). The van der Waals surface area contributed by atoms with Crippen LogP contribution < -0.4 is 4.90 Å². The van der Waals surface area contributed by atoms with Gasteiger partial charge in [0, 0.05) is 18.8 Å². The van der Waals surface area contributed by atoms with Gasteiger partial charge in [-0.25, -0.2) is 4.79 Å². The average molecular weight is 333 g/mol. The molecule has 132 valence electrons. The van der Waals surface area contributed by atoms with Crippen LogP contribution in [-0.2, 0) is 14.3 Å². The monoisotopic (exact) mass is 333 g/mol. The van der Waals surface area contributed by atoms with Gasteiger partial charge in [0.2, 0.25) is 0 Å². The molecule has 0 aromatic heterocycles. The van der Waals surface area contributed by atoms with E-state index in [0.29, 0.717) is 12.0 Å². The molecule has 0 bridgehead atoms. The Morgan fingerprint density at radius 1 is 1.29 bits per heavy atom. The van der Waals surface area contributed by atoms with Crippen molar-refractivity contribution in [1.29, 1.82) is 0 Å². The van der Waals surface area contributed by atoms with E-state index in [0.717, 1.165) is 31.6 Å². The number of esters is 2. The first kappa shape index (κ1) is 18.3. The van der Waals surface area contributed by atoms with Gasteiger partial charge in [-0.05, 0) is 57.7 Å². The normalized spacial score (nSPS) is 18.2. The number of hydrogen-bond donors (Lipinski definition) is 0. The predicted octanol–water partition coefficient (Wildman–Crippen LogP) is 3.42. The van der Waals surface area contributed by atoms with Gasteiger partial charge < -0.3 is 14.4 Å². The third kappa shape index (κ3) is 5.25. The van der Waals surface area contributed by atoms with E-state index in [1.165, 1.54) is 7.11 Å². The van der Waals surface area contributed by atoms with Crippen LogP contribution in [0, 0.1) is 5.92 Å². The molecule has 1 saturated heterocycles. The number of carbonyl (C=O) groups excluding carboxylic acids is 2. The molecular formula is C19H27NO4. The number of carbonyl (C=O) groups is 2. The molecule has 1 atom stereocenters. The van der Waals surface area contributed by atoms with E-state index < -0.39 is 5.60 Å². The fourth-order valence-electron chi connectivity index (χ4n) is 3.03.